The molecule has 0 saturated heterocycles. The van der Waals surface area contributed by atoms with Gasteiger partial charge < -0.3 is 4.74 Å². The van der Waals surface area contributed by atoms with Crippen molar-refractivity contribution in [2.45, 2.75) is 57.6 Å². The largest absolute Gasteiger partial charge is 0.377 e. The second-order valence-electron chi connectivity index (χ2n) is 6.98. The molecule has 0 aromatic heterocycles. The Balaban J connectivity index is 2.12. The number of ether oxygens (including phenoxy) is 1. The smallest absolute Gasteiger partial charge is 0.123 e. The van der Waals surface area contributed by atoms with Gasteiger partial charge in [0, 0.05) is 7.11 Å². The van der Waals surface area contributed by atoms with Crippen LogP contribution in [0.4, 0.5) is 4.39 Å². The van der Waals surface area contributed by atoms with E-state index < -0.39 is 0 Å². The molecule has 2 rings (SSSR count). The Labute approximate surface area is 127 Å². The fourth-order valence-corrected chi connectivity index (χ4v) is 3.30. The number of nitrogens with two attached hydrogens (primary N) is 1. The van der Waals surface area contributed by atoms with Gasteiger partial charge in [-0.2, -0.15) is 0 Å². The molecule has 1 unspecified atom stereocenters. The maximum absolute atomic E-state index is 13.0. The molecule has 0 amide bonds. The summed E-state index contributed by atoms with van der Waals surface area (Å²) in [5, 5.41) is 0. The highest BCUT2D eigenvalue weighted by Crippen LogP contribution is 2.43. The highest BCUT2D eigenvalue weighted by atomic mass is 19.1. The lowest BCUT2D eigenvalue weighted by Gasteiger charge is -2.47. The number of halogens is 1. The minimum atomic E-state index is -0.237. The van der Waals surface area contributed by atoms with Crippen molar-refractivity contribution in [3.63, 3.8) is 0 Å². The van der Waals surface area contributed by atoms with Crippen LogP contribution in [0.1, 0.15) is 45.1 Å². The van der Waals surface area contributed by atoms with Crippen LogP contribution in [0, 0.1) is 11.2 Å². The van der Waals surface area contributed by atoms with Crippen molar-refractivity contribution in [1.82, 2.24) is 5.43 Å². The van der Waals surface area contributed by atoms with Gasteiger partial charge in [-0.15, -0.1) is 0 Å². The minimum Gasteiger partial charge on any atom is -0.377 e. The molecule has 1 saturated carbocycles. The molecule has 1 atom stereocenters. The van der Waals surface area contributed by atoms with Crippen LogP contribution in [-0.4, -0.2) is 18.8 Å². The van der Waals surface area contributed by atoms with E-state index in [1.54, 1.807) is 7.11 Å². The summed E-state index contributed by atoms with van der Waals surface area (Å²) >= 11 is 0. The Hall–Kier alpha value is -0.970. The summed E-state index contributed by atoms with van der Waals surface area (Å²) in [4.78, 5) is 0. The number of benzene rings is 1. The second-order valence-corrected chi connectivity index (χ2v) is 6.98. The van der Waals surface area contributed by atoms with E-state index in [2.05, 4.69) is 19.3 Å². The van der Waals surface area contributed by atoms with Gasteiger partial charge in [-0.1, -0.05) is 26.0 Å². The van der Waals surface area contributed by atoms with E-state index in [1.807, 2.05) is 12.1 Å². The van der Waals surface area contributed by atoms with Crippen LogP contribution >= 0.6 is 0 Å². The average molecular weight is 294 g/mol. The first kappa shape index (κ1) is 16.4. The first-order valence-electron chi connectivity index (χ1n) is 7.66. The first-order chi connectivity index (χ1) is 9.91. The van der Waals surface area contributed by atoms with Crippen LogP contribution in [0.2, 0.25) is 0 Å². The fourth-order valence-electron chi connectivity index (χ4n) is 3.30. The summed E-state index contributed by atoms with van der Waals surface area (Å²) in [7, 11) is 1.77. The van der Waals surface area contributed by atoms with Gasteiger partial charge in [0.05, 0.1) is 11.6 Å². The third kappa shape index (κ3) is 3.82. The lowest BCUT2D eigenvalue weighted by atomic mass is 9.67. The highest BCUT2D eigenvalue weighted by molar-refractivity contribution is 5.18. The molecule has 21 heavy (non-hydrogen) atoms. The van der Waals surface area contributed by atoms with Crippen molar-refractivity contribution in [2.75, 3.05) is 7.11 Å². The zero-order valence-corrected chi connectivity index (χ0v) is 13.3. The van der Waals surface area contributed by atoms with Gasteiger partial charge in [0.1, 0.15) is 5.82 Å². The van der Waals surface area contributed by atoms with Crippen LogP contribution in [0.25, 0.3) is 0 Å². The molecule has 0 heterocycles. The number of hydrogen-bond donors (Lipinski definition) is 2. The monoisotopic (exact) mass is 294 g/mol. The van der Waals surface area contributed by atoms with Gasteiger partial charge in [0.15, 0.2) is 0 Å². The molecule has 0 aliphatic heterocycles. The molecule has 0 spiro atoms. The van der Waals surface area contributed by atoms with Crippen LogP contribution in [0.5, 0.6) is 0 Å². The number of hydrogen-bond acceptors (Lipinski definition) is 3. The molecule has 1 aromatic carbocycles. The van der Waals surface area contributed by atoms with E-state index in [1.165, 1.54) is 12.1 Å². The van der Waals surface area contributed by atoms with Crippen molar-refractivity contribution < 1.29 is 9.13 Å². The summed E-state index contributed by atoms with van der Waals surface area (Å²) < 4.78 is 18.9. The third-order valence-electron chi connectivity index (χ3n) is 5.05. The molecule has 0 bridgehead atoms. The van der Waals surface area contributed by atoms with Gasteiger partial charge in [-0.3, -0.25) is 11.3 Å². The van der Waals surface area contributed by atoms with Crippen molar-refractivity contribution in [3.05, 3.63) is 35.6 Å². The Bertz CT molecular complexity index is 448. The highest BCUT2D eigenvalue weighted by Gasteiger charge is 2.43. The Morgan fingerprint density at radius 2 is 1.76 bits per heavy atom. The molecule has 0 radical (unpaired) electrons. The lowest BCUT2D eigenvalue weighted by molar-refractivity contribution is -0.0862. The normalized spacial score (nSPS) is 22.0. The Morgan fingerprint density at radius 3 is 2.24 bits per heavy atom. The van der Waals surface area contributed by atoms with Gasteiger partial charge in [-0.05, 0) is 55.2 Å². The molecular weight excluding hydrogens is 267 g/mol. The zero-order valence-electron chi connectivity index (χ0n) is 13.3. The first-order valence-corrected chi connectivity index (χ1v) is 7.66. The molecule has 3 N–H and O–H groups in total. The number of methoxy groups -OCH3 is 1. The fraction of sp³-hybridized carbons (Fsp3) is 0.647. The van der Waals surface area contributed by atoms with Gasteiger partial charge in [0.2, 0.25) is 0 Å². The lowest BCUT2D eigenvalue weighted by Crippen LogP contribution is -2.57. The van der Waals surface area contributed by atoms with Crippen LogP contribution < -0.4 is 11.3 Å². The summed E-state index contributed by atoms with van der Waals surface area (Å²) in [6.07, 6.45) is 4.98. The predicted octanol–water partition coefficient (Wildman–Crippen LogP) is 3.19. The molecule has 1 aromatic rings. The molecular formula is C17H27FN2O. The molecule has 1 aliphatic rings. The quantitative estimate of drug-likeness (QED) is 0.647. The number of nitrogens with one attached hydrogen (secondary N) is 1. The van der Waals surface area contributed by atoms with Gasteiger partial charge >= 0.3 is 0 Å². The SMILES string of the molecule is COC1(C(Cc2ccc(F)cc2)NN)CCC(C)(C)CC1. The number of rotatable bonds is 5. The van der Waals surface area contributed by atoms with Gasteiger partial charge in [-0.25, -0.2) is 4.39 Å². The van der Waals surface area contributed by atoms with E-state index in [9.17, 15) is 4.39 Å². The van der Waals surface area contributed by atoms with E-state index >= 15 is 0 Å². The molecule has 1 fully saturated rings. The minimum absolute atomic E-state index is 0.0315. The van der Waals surface area contributed by atoms with Crippen molar-refractivity contribution in [3.8, 4) is 0 Å². The Kier molecular flexibility index (Phi) is 5.02. The summed E-state index contributed by atoms with van der Waals surface area (Å²) in [6.45, 7) is 4.61. The molecule has 118 valence electrons. The molecule has 1 aliphatic carbocycles. The van der Waals surface area contributed by atoms with Crippen LogP contribution in [-0.2, 0) is 11.2 Å². The van der Waals surface area contributed by atoms with Crippen LogP contribution in [0.15, 0.2) is 24.3 Å². The maximum Gasteiger partial charge on any atom is 0.123 e. The van der Waals surface area contributed by atoms with Crippen molar-refractivity contribution in [1.29, 1.82) is 0 Å². The predicted molar refractivity (Wildman–Crippen MR) is 83.2 cm³/mol. The maximum atomic E-state index is 13.0. The summed E-state index contributed by atoms with van der Waals surface area (Å²) in [5.74, 6) is 5.59. The van der Waals surface area contributed by atoms with Crippen molar-refractivity contribution >= 4 is 0 Å². The molecule has 3 nitrogen and oxygen atoms in total. The summed E-state index contributed by atoms with van der Waals surface area (Å²) in [5.41, 5.74) is 4.14. The van der Waals surface area contributed by atoms with Crippen LogP contribution in [0.3, 0.4) is 0 Å². The topological polar surface area (TPSA) is 47.3 Å². The van der Waals surface area contributed by atoms with E-state index in [0.717, 1.165) is 37.7 Å². The summed E-state index contributed by atoms with van der Waals surface area (Å²) in [6, 6.07) is 6.65. The van der Waals surface area contributed by atoms with E-state index in [0.29, 0.717) is 5.41 Å². The van der Waals surface area contributed by atoms with E-state index in [-0.39, 0.29) is 17.5 Å². The second kappa shape index (κ2) is 6.42. The third-order valence-corrected chi connectivity index (χ3v) is 5.05. The van der Waals surface area contributed by atoms with Gasteiger partial charge in [0.25, 0.3) is 0 Å². The van der Waals surface area contributed by atoms with E-state index in [4.69, 9.17) is 10.6 Å². The number of hydrazine groups is 1. The van der Waals surface area contributed by atoms with Crippen molar-refractivity contribution in [2.24, 2.45) is 11.3 Å². The average Bonchev–Trinajstić information content (AvgIpc) is 2.48. The molecule has 4 heteroatoms. The zero-order chi connectivity index (χ0) is 15.5. The standard InChI is InChI=1S/C17H27FN2O/c1-16(2)8-10-17(21-3,11-9-16)15(20-19)12-13-4-6-14(18)7-5-13/h4-7,15,20H,8-12,19H2,1-3H3. The Morgan fingerprint density at radius 1 is 1.19 bits per heavy atom.